The Morgan fingerprint density at radius 2 is 1.73 bits per heavy atom. The second-order valence-corrected chi connectivity index (χ2v) is 11.5. The van der Waals surface area contributed by atoms with Crippen molar-refractivity contribution >= 4 is 57.6 Å². The van der Waals surface area contributed by atoms with Gasteiger partial charge in [0, 0.05) is 28.0 Å². The Morgan fingerprint density at radius 3 is 2.44 bits per heavy atom. The Balaban J connectivity index is 1.33. The van der Waals surface area contributed by atoms with Crippen LogP contribution in [0.25, 0.3) is 16.6 Å². The molecule has 5 rings (SSSR count). The van der Waals surface area contributed by atoms with Gasteiger partial charge in [0.05, 0.1) is 11.4 Å². The van der Waals surface area contributed by atoms with Crippen molar-refractivity contribution in [1.82, 2.24) is 30.5 Å². The average molecular weight is 629 g/mol. The summed E-state index contributed by atoms with van der Waals surface area (Å²) < 4.78 is 6.73. The van der Waals surface area contributed by atoms with E-state index in [-0.39, 0.29) is 17.8 Å². The highest BCUT2D eigenvalue weighted by Crippen LogP contribution is 2.24. The molecule has 0 aliphatic heterocycles. The molecule has 0 radical (unpaired) electrons. The number of aromatic nitrogens is 5. The minimum absolute atomic E-state index is 0.105. The van der Waals surface area contributed by atoms with Crippen molar-refractivity contribution in [3.63, 3.8) is 0 Å². The summed E-state index contributed by atoms with van der Waals surface area (Å²) in [6, 6.07) is 19.2. The molecule has 3 amide bonds. The summed E-state index contributed by atoms with van der Waals surface area (Å²) in [6.45, 7) is 5.34. The van der Waals surface area contributed by atoms with E-state index in [1.165, 1.54) is 17.1 Å². The number of hydrogen-bond acceptors (Lipinski definition) is 8. The van der Waals surface area contributed by atoms with Gasteiger partial charge in [-0.1, -0.05) is 41.9 Å². The van der Waals surface area contributed by atoms with Crippen LogP contribution in [-0.4, -0.2) is 60.5 Å². The van der Waals surface area contributed by atoms with E-state index in [9.17, 15) is 19.2 Å². The zero-order valence-corrected chi connectivity index (χ0v) is 25.3. The summed E-state index contributed by atoms with van der Waals surface area (Å²) in [5.41, 5.74) is 2.02. The molecule has 4 N–H and O–H groups in total. The van der Waals surface area contributed by atoms with E-state index in [0.29, 0.717) is 27.3 Å². The van der Waals surface area contributed by atoms with E-state index < -0.39 is 35.3 Å². The molecular formula is C31H29ClN8O5. The van der Waals surface area contributed by atoms with E-state index in [2.05, 4.69) is 36.5 Å². The number of H-pyrrole nitrogens is 1. The SMILES string of the molecule is CC(C)(C)OC(=O)c1cc2cc(NC(=O)C(Cc3ccccc3)NC(=O)C(=O)Nc3cc(Cl)ccc3-n3cnnn3)ccc2[nH]1. The van der Waals surface area contributed by atoms with Crippen LogP contribution in [0, 0.1) is 0 Å². The molecule has 230 valence electrons. The smallest absolute Gasteiger partial charge is 0.355 e. The first kappa shape index (κ1) is 30.9. The van der Waals surface area contributed by atoms with E-state index >= 15 is 0 Å². The van der Waals surface area contributed by atoms with Gasteiger partial charge in [-0.3, -0.25) is 14.4 Å². The molecule has 14 heteroatoms. The van der Waals surface area contributed by atoms with Crippen LogP contribution < -0.4 is 16.0 Å². The van der Waals surface area contributed by atoms with Crippen molar-refractivity contribution in [1.29, 1.82) is 0 Å². The van der Waals surface area contributed by atoms with Crippen molar-refractivity contribution in [3.8, 4) is 5.69 Å². The molecule has 0 saturated heterocycles. The molecule has 2 aromatic heterocycles. The molecule has 5 aromatic rings. The first-order valence-corrected chi connectivity index (χ1v) is 14.2. The molecule has 0 aliphatic carbocycles. The Bertz CT molecular complexity index is 1870. The van der Waals surface area contributed by atoms with Gasteiger partial charge in [0.2, 0.25) is 5.91 Å². The summed E-state index contributed by atoms with van der Waals surface area (Å²) in [5, 5.41) is 19.8. The predicted octanol–water partition coefficient (Wildman–Crippen LogP) is 4.06. The highest BCUT2D eigenvalue weighted by molar-refractivity contribution is 6.40. The highest BCUT2D eigenvalue weighted by Gasteiger charge is 2.26. The number of rotatable bonds is 8. The number of amides is 3. The van der Waals surface area contributed by atoms with E-state index in [1.54, 1.807) is 81.4 Å². The van der Waals surface area contributed by atoms with Gasteiger partial charge in [-0.05, 0) is 79.2 Å². The zero-order valence-electron chi connectivity index (χ0n) is 24.5. The lowest BCUT2D eigenvalue weighted by Crippen LogP contribution is -2.49. The average Bonchev–Trinajstić information content (AvgIpc) is 3.67. The number of fused-ring (bicyclic) bond motifs is 1. The first-order valence-electron chi connectivity index (χ1n) is 13.8. The fraction of sp³-hybridized carbons (Fsp3) is 0.194. The number of carbonyl (C=O) groups is 4. The molecule has 0 spiro atoms. The van der Waals surface area contributed by atoms with E-state index in [0.717, 1.165) is 5.56 Å². The normalized spacial score (nSPS) is 11.9. The molecule has 2 heterocycles. The van der Waals surface area contributed by atoms with Crippen molar-refractivity contribution in [2.75, 3.05) is 10.6 Å². The van der Waals surface area contributed by atoms with Gasteiger partial charge in [0.25, 0.3) is 0 Å². The number of nitrogens with one attached hydrogen (secondary N) is 4. The summed E-state index contributed by atoms with van der Waals surface area (Å²) in [6.07, 6.45) is 1.43. The largest absolute Gasteiger partial charge is 0.455 e. The van der Waals surface area contributed by atoms with Crippen LogP contribution in [0.3, 0.4) is 0 Å². The number of carbonyl (C=O) groups excluding carboxylic acids is 4. The molecule has 45 heavy (non-hydrogen) atoms. The van der Waals surface area contributed by atoms with Crippen molar-refractivity contribution in [2.24, 2.45) is 0 Å². The van der Waals surface area contributed by atoms with Crippen LogP contribution in [0.5, 0.6) is 0 Å². The number of hydrogen-bond donors (Lipinski definition) is 4. The second kappa shape index (κ2) is 13.0. The third-order valence-electron chi connectivity index (χ3n) is 6.42. The Hall–Kier alpha value is -5.56. The molecule has 13 nitrogen and oxygen atoms in total. The Morgan fingerprint density at radius 1 is 0.956 bits per heavy atom. The lowest BCUT2D eigenvalue weighted by Gasteiger charge is -2.19. The van der Waals surface area contributed by atoms with Gasteiger partial charge in [0.1, 0.15) is 23.7 Å². The maximum Gasteiger partial charge on any atom is 0.355 e. The number of esters is 1. The summed E-state index contributed by atoms with van der Waals surface area (Å²) in [5.74, 6) is -3.13. The molecule has 0 bridgehead atoms. The molecule has 0 fully saturated rings. The molecule has 1 unspecified atom stereocenters. The monoisotopic (exact) mass is 628 g/mol. The van der Waals surface area contributed by atoms with Gasteiger partial charge in [-0.15, -0.1) is 5.10 Å². The quantitative estimate of drug-likeness (QED) is 0.147. The number of halogens is 1. The van der Waals surface area contributed by atoms with Gasteiger partial charge < -0.3 is 25.7 Å². The van der Waals surface area contributed by atoms with E-state index in [1.807, 2.05) is 6.07 Å². The number of nitrogens with zero attached hydrogens (tertiary/aromatic N) is 4. The van der Waals surface area contributed by atoms with Crippen molar-refractivity contribution in [2.45, 2.75) is 38.8 Å². The first-order chi connectivity index (χ1) is 21.4. The highest BCUT2D eigenvalue weighted by atomic mass is 35.5. The molecule has 0 aliphatic rings. The summed E-state index contributed by atoms with van der Waals surface area (Å²) >= 11 is 6.12. The van der Waals surface area contributed by atoms with Crippen LogP contribution in [0.15, 0.2) is 79.1 Å². The number of benzene rings is 3. The standard InChI is InChI=1S/C31H29ClN8O5/c1-31(2,3)45-30(44)25-15-19-14-21(10-11-22(19)35-25)34-27(41)24(13-18-7-5-4-6-8-18)37-29(43)28(42)36-23-16-20(32)9-12-26(23)40-17-33-38-39-40/h4-12,14-17,24,35H,13H2,1-3H3,(H,34,41)(H,36,42)(H,37,43). The van der Waals surface area contributed by atoms with Crippen molar-refractivity contribution in [3.05, 3.63) is 95.4 Å². The maximum atomic E-state index is 13.5. The summed E-state index contributed by atoms with van der Waals surface area (Å²) in [4.78, 5) is 55.1. The number of aromatic amines is 1. The minimum Gasteiger partial charge on any atom is -0.455 e. The lowest BCUT2D eigenvalue weighted by atomic mass is 10.0. The van der Waals surface area contributed by atoms with Crippen LogP contribution in [-0.2, 0) is 25.5 Å². The van der Waals surface area contributed by atoms with Crippen molar-refractivity contribution < 1.29 is 23.9 Å². The third kappa shape index (κ3) is 7.89. The minimum atomic E-state index is -1.12. The number of tetrazole rings is 1. The van der Waals surface area contributed by atoms with Gasteiger partial charge in [-0.2, -0.15) is 4.68 Å². The van der Waals surface area contributed by atoms with Gasteiger partial charge >= 0.3 is 17.8 Å². The molecule has 0 saturated carbocycles. The van der Waals surface area contributed by atoms with E-state index in [4.69, 9.17) is 16.3 Å². The zero-order chi connectivity index (χ0) is 32.1. The third-order valence-corrected chi connectivity index (χ3v) is 6.66. The lowest BCUT2D eigenvalue weighted by molar-refractivity contribution is -0.137. The molecule has 3 aromatic carbocycles. The fourth-order valence-corrected chi connectivity index (χ4v) is 4.60. The molecular weight excluding hydrogens is 600 g/mol. The fourth-order valence-electron chi connectivity index (χ4n) is 4.42. The predicted molar refractivity (Wildman–Crippen MR) is 167 cm³/mol. The van der Waals surface area contributed by atoms with Crippen LogP contribution in [0.1, 0.15) is 36.8 Å². The van der Waals surface area contributed by atoms with Crippen LogP contribution >= 0.6 is 11.6 Å². The second-order valence-electron chi connectivity index (χ2n) is 11.1. The van der Waals surface area contributed by atoms with Gasteiger partial charge in [0.15, 0.2) is 0 Å². The van der Waals surface area contributed by atoms with Crippen LogP contribution in [0.4, 0.5) is 11.4 Å². The number of anilines is 2. The Labute approximate surface area is 262 Å². The maximum absolute atomic E-state index is 13.5. The summed E-state index contributed by atoms with van der Waals surface area (Å²) in [7, 11) is 0. The Kier molecular flexibility index (Phi) is 8.91. The number of ether oxygens (including phenoxy) is 1. The molecule has 1 atom stereocenters. The topological polar surface area (TPSA) is 173 Å². The van der Waals surface area contributed by atoms with Crippen LogP contribution in [0.2, 0.25) is 5.02 Å². The van der Waals surface area contributed by atoms with Gasteiger partial charge in [-0.25, -0.2) is 4.79 Å².